The van der Waals surface area contributed by atoms with Crippen molar-refractivity contribution in [3.63, 3.8) is 0 Å². The number of benzene rings is 2. The van der Waals surface area contributed by atoms with Gasteiger partial charge in [-0.25, -0.2) is 28.7 Å². The third-order valence-electron chi connectivity index (χ3n) is 4.15. The topological polar surface area (TPSA) is 110 Å². The van der Waals surface area contributed by atoms with Crippen LogP contribution in [0.25, 0.3) is 11.3 Å². The molecule has 2 N–H and O–H groups in total. The van der Waals surface area contributed by atoms with E-state index in [1.165, 1.54) is 51.1 Å². The van der Waals surface area contributed by atoms with E-state index in [9.17, 15) is 8.78 Å². The Bertz CT molecular complexity index is 1270. The molecule has 0 atom stereocenters. The van der Waals surface area contributed by atoms with Crippen molar-refractivity contribution in [3.05, 3.63) is 88.3 Å². The zero-order valence-corrected chi connectivity index (χ0v) is 21.0. The summed E-state index contributed by atoms with van der Waals surface area (Å²) in [5.41, 5.74) is 1.42. The normalized spacial score (nSPS) is 9.81. The summed E-state index contributed by atoms with van der Waals surface area (Å²) in [6.07, 6.45) is 2.66. The van der Waals surface area contributed by atoms with Gasteiger partial charge in [-0.05, 0) is 18.2 Å². The number of hydrogen-bond acceptors (Lipinski definition) is 8. The second-order valence-electron chi connectivity index (χ2n) is 6.49. The van der Waals surface area contributed by atoms with E-state index in [0.717, 1.165) is 12.1 Å². The van der Waals surface area contributed by atoms with Gasteiger partial charge in [0.2, 0.25) is 0 Å². The van der Waals surface area contributed by atoms with E-state index >= 15 is 0 Å². The molecular weight excluding hydrogens is 539 g/mol. The lowest BCUT2D eigenvalue weighted by Gasteiger charge is -2.07. The minimum atomic E-state index is -1.64. The molecule has 0 saturated carbocycles. The van der Waals surface area contributed by atoms with Crippen LogP contribution in [0.3, 0.4) is 0 Å². The molecule has 0 spiro atoms. The molecule has 2 aromatic carbocycles. The molecule has 0 unspecified atom stereocenters. The summed E-state index contributed by atoms with van der Waals surface area (Å²) in [4.78, 5) is 15.0. The van der Waals surface area contributed by atoms with Gasteiger partial charge in [-0.3, -0.25) is 0 Å². The van der Waals surface area contributed by atoms with Crippen LogP contribution in [0.1, 0.15) is 0 Å². The van der Waals surface area contributed by atoms with Crippen LogP contribution >= 0.6 is 34.8 Å². The van der Waals surface area contributed by atoms with Crippen molar-refractivity contribution in [2.45, 2.75) is 0 Å². The first-order chi connectivity index (χ1) is 17.1. The minimum absolute atomic E-state index is 0.130. The van der Waals surface area contributed by atoms with Gasteiger partial charge in [-0.2, -0.15) is 0 Å². The summed E-state index contributed by atoms with van der Waals surface area (Å²) in [7, 11) is 1.17. The Hall–Kier alpha value is -3.09. The van der Waals surface area contributed by atoms with Gasteiger partial charge in [0.05, 0.1) is 19.9 Å². The molecule has 0 saturated heterocycles. The summed E-state index contributed by atoms with van der Waals surface area (Å²) < 4.78 is 35.3. The van der Waals surface area contributed by atoms with Gasteiger partial charge in [0.25, 0.3) is 0 Å². The highest BCUT2D eigenvalue weighted by Gasteiger charge is 2.16. The van der Waals surface area contributed by atoms with Crippen molar-refractivity contribution >= 4 is 47.4 Å². The minimum Gasteiger partial charge on any atom is -0.497 e. The average Bonchev–Trinajstić information content (AvgIpc) is 2.84. The molecule has 8 nitrogen and oxygen atoms in total. The first-order valence-corrected chi connectivity index (χ1v) is 10.9. The maximum atomic E-state index is 13.0. The van der Waals surface area contributed by atoms with Crippen molar-refractivity contribution in [1.82, 2.24) is 19.9 Å². The zero-order valence-electron chi connectivity index (χ0n) is 18.7. The van der Waals surface area contributed by atoms with Gasteiger partial charge in [0.15, 0.2) is 0 Å². The molecule has 0 aliphatic carbocycles. The highest BCUT2D eigenvalue weighted by Crippen LogP contribution is 2.29. The first-order valence-electron chi connectivity index (χ1n) is 9.78. The van der Waals surface area contributed by atoms with Gasteiger partial charge in [0.1, 0.15) is 51.2 Å². The molecule has 2 heterocycles. The Balaban J connectivity index is 0.000000202. The molecule has 0 amide bonds. The number of rotatable bonds is 4. The van der Waals surface area contributed by atoms with E-state index in [2.05, 4.69) is 19.9 Å². The van der Waals surface area contributed by atoms with E-state index in [0.29, 0.717) is 32.5 Å². The molecule has 4 aromatic rings. The van der Waals surface area contributed by atoms with E-state index in [1.807, 2.05) is 0 Å². The first kappa shape index (κ1) is 29.1. The van der Waals surface area contributed by atoms with E-state index in [-0.39, 0.29) is 17.0 Å². The van der Waals surface area contributed by atoms with Crippen LogP contribution in [0.2, 0.25) is 15.5 Å². The molecule has 14 heteroatoms. The van der Waals surface area contributed by atoms with Crippen LogP contribution in [0.15, 0.2) is 61.2 Å². The Morgan fingerprint density at radius 1 is 0.694 bits per heavy atom. The van der Waals surface area contributed by atoms with Crippen LogP contribution in [-0.4, -0.2) is 51.3 Å². The Kier molecular flexibility index (Phi) is 11.7. The van der Waals surface area contributed by atoms with Crippen molar-refractivity contribution in [2.75, 3.05) is 14.2 Å². The number of halogens is 5. The van der Waals surface area contributed by atoms with Crippen LogP contribution in [0, 0.1) is 11.6 Å². The fourth-order valence-corrected chi connectivity index (χ4v) is 3.06. The van der Waals surface area contributed by atoms with Crippen LogP contribution in [-0.2, 0) is 0 Å². The predicted molar refractivity (Wildman–Crippen MR) is 134 cm³/mol. The zero-order chi connectivity index (χ0) is 26.7. The monoisotopic (exact) mass is 556 g/mol. The predicted octanol–water partition coefficient (Wildman–Crippen LogP) is 4.24. The third kappa shape index (κ3) is 9.17. The number of hydrogen-bond donors (Lipinski definition) is 2. The summed E-state index contributed by atoms with van der Waals surface area (Å²) >= 11 is 16.6. The molecule has 0 aliphatic rings. The number of methoxy groups -OCH3 is 2. The molecule has 188 valence electrons. The highest BCUT2D eigenvalue weighted by molar-refractivity contribution is 6.59. The van der Waals surface area contributed by atoms with Crippen molar-refractivity contribution in [3.8, 4) is 22.8 Å². The molecule has 0 radical (unpaired) electrons. The van der Waals surface area contributed by atoms with Gasteiger partial charge < -0.3 is 19.5 Å². The second-order valence-corrected chi connectivity index (χ2v) is 7.66. The molecule has 0 fully saturated rings. The van der Waals surface area contributed by atoms with Crippen molar-refractivity contribution in [1.29, 1.82) is 0 Å². The van der Waals surface area contributed by atoms with E-state index in [4.69, 9.17) is 54.3 Å². The number of nitrogens with zero attached hydrogens (tertiary/aromatic N) is 4. The Morgan fingerprint density at radius 2 is 1.19 bits per heavy atom. The smallest absolute Gasteiger partial charge is 0.492 e. The maximum Gasteiger partial charge on any atom is 0.492 e. The second kappa shape index (κ2) is 14.5. The van der Waals surface area contributed by atoms with Gasteiger partial charge >= 0.3 is 7.12 Å². The third-order valence-corrected chi connectivity index (χ3v) is 4.77. The largest absolute Gasteiger partial charge is 0.497 e. The number of aromatic nitrogens is 4. The standard InChI is InChI=1S/C11H8ClFN2O.C7H8BFO3.C4H2Cl2N2/c1-16-10-4-7(13)2-3-8(10)9-5-11(12)15-6-14-9;1-12-7-4-5(9)2-3-6(7)8(10)11;5-3-1-4(6)8-2-7-3/h2-6H,1H3;2-4,10-11H,1H3;1-2H. The van der Waals surface area contributed by atoms with E-state index in [1.54, 1.807) is 12.1 Å². The summed E-state index contributed by atoms with van der Waals surface area (Å²) in [6.45, 7) is 0. The van der Waals surface area contributed by atoms with Gasteiger partial charge in [-0.1, -0.05) is 40.9 Å². The Labute approximate surface area is 220 Å². The van der Waals surface area contributed by atoms with E-state index < -0.39 is 12.9 Å². The molecule has 0 bridgehead atoms. The SMILES string of the molecule is COc1cc(F)ccc1-c1cc(Cl)ncn1.COc1cc(F)ccc1B(O)O.Clc1cc(Cl)ncn1. The van der Waals surface area contributed by atoms with Crippen LogP contribution in [0.5, 0.6) is 11.5 Å². The van der Waals surface area contributed by atoms with Crippen LogP contribution < -0.4 is 14.9 Å². The van der Waals surface area contributed by atoms with Gasteiger partial charge in [0, 0.05) is 35.3 Å². The fraction of sp³-hybridized carbons (Fsp3) is 0.0909. The molecular formula is C22H18BCl3F2N4O4. The molecule has 4 rings (SSSR count). The highest BCUT2D eigenvalue weighted by atomic mass is 35.5. The fourth-order valence-electron chi connectivity index (χ4n) is 2.57. The lowest BCUT2D eigenvalue weighted by molar-refractivity contribution is 0.401. The molecule has 36 heavy (non-hydrogen) atoms. The average molecular weight is 558 g/mol. The maximum absolute atomic E-state index is 13.0. The van der Waals surface area contributed by atoms with Crippen molar-refractivity contribution < 1.29 is 28.3 Å². The summed E-state index contributed by atoms with van der Waals surface area (Å²) in [5.74, 6) is -0.295. The summed E-state index contributed by atoms with van der Waals surface area (Å²) in [5, 5.41) is 18.6. The Morgan fingerprint density at radius 3 is 1.67 bits per heavy atom. The lowest BCUT2D eigenvalue weighted by atomic mass is 9.79. The van der Waals surface area contributed by atoms with Gasteiger partial charge in [-0.15, -0.1) is 0 Å². The number of ether oxygens (including phenoxy) is 2. The molecule has 0 aliphatic heterocycles. The quantitative estimate of drug-likeness (QED) is 0.283. The van der Waals surface area contributed by atoms with Crippen LogP contribution in [0.4, 0.5) is 8.78 Å². The molecule has 2 aromatic heterocycles. The lowest BCUT2D eigenvalue weighted by Crippen LogP contribution is -2.31. The summed E-state index contributed by atoms with van der Waals surface area (Å²) in [6, 6.07) is 10.8. The van der Waals surface area contributed by atoms with Crippen molar-refractivity contribution in [2.24, 2.45) is 0 Å².